The van der Waals surface area contributed by atoms with E-state index in [9.17, 15) is 12.8 Å². The summed E-state index contributed by atoms with van der Waals surface area (Å²) >= 11 is 5.82. The van der Waals surface area contributed by atoms with Gasteiger partial charge in [-0.3, -0.25) is 4.31 Å². The van der Waals surface area contributed by atoms with E-state index in [4.69, 9.17) is 21.1 Å². The molecule has 0 aliphatic carbocycles. The molecule has 0 N–H and O–H groups in total. The Morgan fingerprint density at radius 3 is 2.24 bits per heavy atom. The number of hydrogen-bond acceptors (Lipinski definition) is 4. The molecule has 3 rings (SSSR count). The standard InChI is InChI=1S/C21H19ClFNO4S/c1-27-17-8-6-15(7-9-17)14-24(16-4-3-5-18(12-16)28-2)29(25,26)19-10-11-21(23)20(22)13-19/h3-13H,14H2,1-2H3. The molecule has 29 heavy (non-hydrogen) atoms. The van der Waals surface area contributed by atoms with Gasteiger partial charge in [0.2, 0.25) is 0 Å². The van der Waals surface area contributed by atoms with Gasteiger partial charge in [-0.15, -0.1) is 0 Å². The summed E-state index contributed by atoms with van der Waals surface area (Å²) in [6, 6.07) is 17.1. The first kappa shape index (κ1) is 21.0. The minimum atomic E-state index is -4.04. The third kappa shape index (κ3) is 4.63. The fraction of sp³-hybridized carbons (Fsp3) is 0.143. The summed E-state index contributed by atoms with van der Waals surface area (Å²) in [7, 11) is -0.980. The zero-order valence-electron chi connectivity index (χ0n) is 15.8. The van der Waals surface area contributed by atoms with Crippen molar-refractivity contribution < 1.29 is 22.3 Å². The van der Waals surface area contributed by atoms with Crippen LogP contribution in [0, 0.1) is 5.82 Å². The molecule has 0 aliphatic rings. The second-order valence-electron chi connectivity index (χ2n) is 6.14. The van der Waals surface area contributed by atoms with Crippen LogP contribution in [0.4, 0.5) is 10.1 Å². The molecule has 0 fully saturated rings. The van der Waals surface area contributed by atoms with Crippen molar-refractivity contribution in [3.8, 4) is 11.5 Å². The van der Waals surface area contributed by atoms with Crippen LogP contribution >= 0.6 is 11.6 Å². The molecule has 0 atom stereocenters. The molecule has 0 heterocycles. The minimum absolute atomic E-state index is 0.0501. The summed E-state index contributed by atoms with van der Waals surface area (Å²) in [5, 5.41) is -0.263. The van der Waals surface area contributed by atoms with E-state index in [0.29, 0.717) is 17.2 Å². The van der Waals surface area contributed by atoms with Crippen molar-refractivity contribution in [1.82, 2.24) is 0 Å². The summed E-state index contributed by atoms with van der Waals surface area (Å²) in [6.07, 6.45) is 0. The van der Waals surface area contributed by atoms with Crippen LogP contribution in [0.1, 0.15) is 5.56 Å². The Morgan fingerprint density at radius 2 is 1.62 bits per heavy atom. The highest BCUT2D eigenvalue weighted by Gasteiger charge is 2.26. The molecular formula is C21H19ClFNO4S. The molecule has 3 aromatic carbocycles. The minimum Gasteiger partial charge on any atom is -0.497 e. The van der Waals surface area contributed by atoms with Crippen LogP contribution in [0.15, 0.2) is 71.6 Å². The summed E-state index contributed by atoms with van der Waals surface area (Å²) in [5.41, 5.74) is 1.14. The van der Waals surface area contributed by atoms with Gasteiger partial charge in [0.15, 0.2) is 0 Å². The van der Waals surface area contributed by atoms with Crippen LogP contribution < -0.4 is 13.8 Å². The Bertz CT molecular complexity index is 1100. The largest absolute Gasteiger partial charge is 0.497 e. The summed E-state index contributed by atoms with van der Waals surface area (Å²) < 4.78 is 52.0. The lowest BCUT2D eigenvalue weighted by Gasteiger charge is -2.25. The second kappa shape index (κ2) is 8.71. The van der Waals surface area contributed by atoms with Gasteiger partial charge >= 0.3 is 0 Å². The number of halogens is 2. The molecule has 8 heteroatoms. The van der Waals surface area contributed by atoms with Crippen LogP contribution in [0.5, 0.6) is 11.5 Å². The van der Waals surface area contributed by atoms with Crippen molar-refractivity contribution in [2.45, 2.75) is 11.4 Å². The molecule has 0 aromatic heterocycles. The number of rotatable bonds is 7. The van der Waals surface area contributed by atoms with Crippen LogP contribution in [0.25, 0.3) is 0 Å². The summed E-state index contributed by atoms with van der Waals surface area (Å²) in [6.45, 7) is 0.0501. The first-order valence-corrected chi connectivity index (χ1v) is 10.4. The molecule has 0 spiro atoms. The monoisotopic (exact) mass is 435 g/mol. The molecule has 0 saturated carbocycles. The van der Waals surface area contributed by atoms with E-state index in [-0.39, 0.29) is 16.5 Å². The summed E-state index contributed by atoms with van der Waals surface area (Å²) in [4.78, 5) is -0.111. The average molecular weight is 436 g/mol. The molecule has 0 aliphatic heterocycles. The van der Waals surface area contributed by atoms with E-state index in [1.807, 2.05) is 0 Å². The molecule has 0 bridgehead atoms. The number of ether oxygens (including phenoxy) is 2. The van der Waals surface area contributed by atoms with Gasteiger partial charge in [-0.25, -0.2) is 12.8 Å². The maximum absolute atomic E-state index is 13.6. The number of hydrogen-bond donors (Lipinski definition) is 0. The van der Waals surface area contributed by atoms with Gasteiger partial charge in [-0.1, -0.05) is 29.8 Å². The normalized spacial score (nSPS) is 11.2. The van der Waals surface area contributed by atoms with Gasteiger partial charge in [0.25, 0.3) is 10.0 Å². The van der Waals surface area contributed by atoms with Crippen molar-refractivity contribution in [3.63, 3.8) is 0 Å². The maximum atomic E-state index is 13.6. The number of benzene rings is 3. The molecule has 5 nitrogen and oxygen atoms in total. The summed E-state index contributed by atoms with van der Waals surface area (Å²) in [5.74, 6) is 0.484. The van der Waals surface area contributed by atoms with Crippen LogP contribution in [-0.4, -0.2) is 22.6 Å². The number of sulfonamides is 1. The molecule has 0 unspecified atom stereocenters. The van der Waals surface area contributed by atoms with E-state index in [1.165, 1.54) is 17.5 Å². The van der Waals surface area contributed by atoms with Gasteiger partial charge in [-0.05, 0) is 48.0 Å². The zero-order valence-corrected chi connectivity index (χ0v) is 17.4. The van der Waals surface area contributed by atoms with Crippen LogP contribution in [0.2, 0.25) is 5.02 Å². The molecule has 0 amide bonds. The predicted molar refractivity (Wildman–Crippen MR) is 111 cm³/mol. The smallest absolute Gasteiger partial charge is 0.264 e. The SMILES string of the molecule is COc1ccc(CN(c2cccc(OC)c2)S(=O)(=O)c2ccc(F)c(Cl)c2)cc1. The zero-order chi connectivity index (χ0) is 21.0. The van der Waals surface area contributed by atoms with Gasteiger partial charge in [0, 0.05) is 6.07 Å². The molecular weight excluding hydrogens is 417 g/mol. The Balaban J connectivity index is 2.08. The Labute approximate surface area is 174 Å². The van der Waals surface area contributed by atoms with Crippen LogP contribution in [0.3, 0.4) is 0 Å². The highest BCUT2D eigenvalue weighted by molar-refractivity contribution is 7.92. The third-order valence-corrected chi connectivity index (χ3v) is 6.37. The van der Waals surface area contributed by atoms with Crippen molar-refractivity contribution >= 4 is 27.3 Å². The number of anilines is 1. The third-order valence-electron chi connectivity index (χ3n) is 4.31. The van der Waals surface area contributed by atoms with Gasteiger partial charge in [-0.2, -0.15) is 0 Å². The van der Waals surface area contributed by atoms with E-state index >= 15 is 0 Å². The van der Waals surface area contributed by atoms with Crippen molar-refractivity contribution in [2.24, 2.45) is 0 Å². The van der Waals surface area contributed by atoms with Crippen LogP contribution in [-0.2, 0) is 16.6 Å². The molecule has 0 radical (unpaired) electrons. The fourth-order valence-electron chi connectivity index (χ4n) is 2.74. The van der Waals surface area contributed by atoms with Crippen molar-refractivity contribution in [3.05, 3.63) is 83.1 Å². The molecule has 0 saturated heterocycles. The quantitative estimate of drug-likeness (QED) is 0.530. The lowest BCUT2D eigenvalue weighted by atomic mass is 10.2. The van der Waals surface area contributed by atoms with E-state index < -0.39 is 15.8 Å². The average Bonchev–Trinajstić information content (AvgIpc) is 2.74. The van der Waals surface area contributed by atoms with Crippen molar-refractivity contribution in [1.29, 1.82) is 0 Å². The lowest BCUT2D eigenvalue weighted by molar-refractivity contribution is 0.414. The van der Waals surface area contributed by atoms with Crippen molar-refractivity contribution in [2.75, 3.05) is 18.5 Å². The highest BCUT2D eigenvalue weighted by Crippen LogP contribution is 2.30. The lowest BCUT2D eigenvalue weighted by Crippen LogP contribution is -2.30. The fourth-order valence-corrected chi connectivity index (χ4v) is 4.46. The second-order valence-corrected chi connectivity index (χ2v) is 8.41. The molecule has 152 valence electrons. The Kier molecular flexibility index (Phi) is 6.30. The van der Waals surface area contributed by atoms with E-state index in [1.54, 1.807) is 55.6 Å². The Morgan fingerprint density at radius 1 is 0.931 bits per heavy atom. The number of nitrogens with zero attached hydrogens (tertiary/aromatic N) is 1. The van der Waals surface area contributed by atoms with Gasteiger partial charge in [0.1, 0.15) is 17.3 Å². The van der Waals surface area contributed by atoms with Gasteiger partial charge < -0.3 is 9.47 Å². The van der Waals surface area contributed by atoms with E-state index in [0.717, 1.165) is 17.7 Å². The first-order valence-electron chi connectivity index (χ1n) is 8.60. The Hall–Kier alpha value is -2.77. The molecule has 3 aromatic rings. The number of methoxy groups -OCH3 is 2. The van der Waals surface area contributed by atoms with Gasteiger partial charge in [0.05, 0.1) is 36.4 Å². The first-order chi connectivity index (χ1) is 13.8. The topological polar surface area (TPSA) is 55.8 Å². The highest BCUT2D eigenvalue weighted by atomic mass is 35.5. The van der Waals surface area contributed by atoms with E-state index in [2.05, 4.69) is 0 Å². The maximum Gasteiger partial charge on any atom is 0.264 e. The predicted octanol–water partition coefficient (Wildman–Crippen LogP) is 4.89.